The molecule has 0 amide bonds. The molecule has 2 N–H and O–H groups in total. The quantitative estimate of drug-likeness (QED) is 0.906. The Morgan fingerprint density at radius 2 is 2.21 bits per heavy atom. The highest BCUT2D eigenvalue weighted by molar-refractivity contribution is 5.30. The number of rotatable bonds is 4. The lowest BCUT2D eigenvalue weighted by atomic mass is 9.88. The molecule has 1 fully saturated rings. The smallest absolute Gasteiger partial charge is 0.141 e. The Morgan fingerprint density at radius 3 is 2.89 bits per heavy atom. The van der Waals surface area contributed by atoms with E-state index in [0.717, 1.165) is 42.3 Å². The first kappa shape index (κ1) is 14.3. The van der Waals surface area contributed by atoms with Crippen molar-refractivity contribution in [1.29, 1.82) is 0 Å². The molecule has 106 valence electrons. The van der Waals surface area contributed by atoms with Crippen LogP contribution in [-0.4, -0.2) is 17.1 Å². The van der Waals surface area contributed by atoms with Gasteiger partial charge in [0.1, 0.15) is 5.75 Å². The Hall–Kier alpha value is -1.09. The highest BCUT2D eigenvalue weighted by atomic mass is 16.5. The Morgan fingerprint density at radius 1 is 1.42 bits per heavy atom. The Balaban J connectivity index is 2.10. The van der Waals surface area contributed by atoms with E-state index in [2.05, 4.69) is 18.0 Å². The fourth-order valence-electron chi connectivity index (χ4n) is 2.82. The molecule has 2 rings (SSSR count). The molecule has 1 aliphatic carbocycles. The molecule has 3 heteroatoms. The number of pyridine rings is 1. The van der Waals surface area contributed by atoms with E-state index in [1.165, 1.54) is 12.8 Å². The third kappa shape index (κ3) is 4.20. The molecule has 0 aromatic carbocycles. The average molecular weight is 262 g/mol. The summed E-state index contributed by atoms with van der Waals surface area (Å²) in [5.74, 6) is 1.70. The zero-order chi connectivity index (χ0) is 13.8. The Bertz CT molecular complexity index is 417. The van der Waals surface area contributed by atoms with E-state index < -0.39 is 0 Å². The van der Waals surface area contributed by atoms with Crippen LogP contribution >= 0.6 is 0 Å². The fourth-order valence-corrected chi connectivity index (χ4v) is 2.82. The molecule has 0 aliphatic heterocycles. The van der Waals surface area contributed by atoms with E-state index in [1.54, 1.807) is 0 Å². The van der Waals surface area contributed by atoms with E-state index in [0.29, 0.717) is 6.10 Å². The number of hydrogen-bond acceptors (Lipinski definition) is 3. The maximum atomic E-state index is 6.19. The molecule has 3 atom stereocenters. The summed E-state index contributed by atoms with van der Waals surface area (Å²) in [6.45, 7) is 6.33. The van der Waals surface area contributed by atoms with E-state index in [9.17, 15) is 0 Å². The molecule has 3 unspecified atom stereocenters. The monoisotopic (exact) mass is 262 g/mol. The van der Waals surface area contributed by atoms with Gasteiger partial charge in [-0.1, -0.05) is 13.3 Å². The van der Waals surface area contributed by atoms with Gasteiger partial charge in [-0.3, -0.25) is 4.98 Å². The zero-order valence-electron chi connectivity index (χ0n) is 12.4. The number of aromatic nitrogens is 1. The van der Waals surface area contributed by atoms with Crippen LogP contribution < -0.4 is 10.5 Å². The van der Waals surface area contributed by atoms with Crippen LogP contribution in [0.15, 0.2) is 12.1 Å². The second-order valence-electron chi connectivity index (χ2n) is 6.09. The van der Waals surface area contributed by atoms with Crippen molar-refractivity contribution < 1.29 is 4.74 Å². The van der Waals surface area contributed by atoms with Gasteiger partial charge in [-0.2, -0.15) is 0 Å². The largest absolute Gasteiger partial charge is 0.489 e. The maximum Gasteiger partial charge on any atom is 0.141 e. The van der Waals surface area contributed by atoms with Gasteiger partial charge in [0.2, 0.25) is 0 Å². The first-order valence-electron chi connectivity index (χ1n) is 7.43. The minimum absolute atomic E-state index is 0.113. The summed E-state index contributed by atoms with van der Waals surface area (Å²) >= 11 is 0. The van der Waals surface area contributed by atoms with Crippen LogP contribution in [0.4, 0.5) is 0 Å². The number of nitrogens with two attached hydrogens (primary N) is 1. The van der Waals surface area contributed by atoms with Gasteiger partial charge in [-0.05, 0) is 51.2 Å². The molecule has 1 heterocycles. The van der Waals surface area contributed by atoms with Crippen LogP contribution in [0.3, 0.4) is 0 Å². The van der Waals surface area contributed by atoms with Gasteiger partial charge < -0.3 is 10.5 Å². The molecule has 1 aromatic rings. The first-order valence-corrected chi connectivity index (χ1v) is 7.43. The number of hydrogen-bond donors (Lipinski definition) is 1. The summed E-state index contributed by atoms with van der Waals surface area (Å²) in [4.78, 5) is 4.59. The number of aryl methyl sites for hydroxylation is 1. The average Bonchev–Trinajstić information content (AvgIpc) is 2.32. The second-order valence-corrected chi connectivity index (χ2v) is 6.09. The predicted octanol–water partition coefficient (Wildman–Crippen LogP) is 3.24. The van der Waals surface area contributed by atoms with Gasteiger partial charge in [0.05, 0.1) is 11.8 Å². The van der Waals surface area contributed by atoms with Crippen LogP contribution in [0.1, 0.15) is 50.9 Å². The molecular weight excluding hydrogens is 236 g/mol. The van der Waals surface area contributed by atoms with Crippen LogP contribution in [0.25, 0.3) is 0 Å². The summed E-state index contributed by atoms with van der Waals surface area (Å²) in [6, 6.07) is 4.19. The summed E-state index contributed by atoms with van der Waals surface area (Å²) in [6.07, 6.45) is 6.05. The van der Waals surface area contributed by atoms with Crippen molar-refractivity contribution >= 4 is 0 Å². The fraction of sp³-hybridized carbons (Fsp3) is 0.688. The molecule has 3 nitrogen and oxygen atoms in total. The summed E-state index contributed by atoms with van der Waals surface area (Å²) < 4.78 is 6.19. The SMILES string of the molecule is Cc1ccc(OC2CCCC(C)C2)c(CC(C)N)n1. The normalized spacial score (nSPS) is 25.1. The van der Waals surface area contributed by atoms with Crippen LogP contribution in [0.5, 0.6) is 5.75 Å². The van der Waals surface area contributed by atoms with Crippen LogP contribution in [-0.2, 0) is 6.42 Å². The van der Waals surface area contributed by atoms with Gasteiger partial charge in [0.15, 0.2) is 0 Å². The topological polar surface area (TPSA) is 48.1 Å². The molecule has 1 aliphatic rings. The molecule has 1 saturated carbocycles. The lowest BCUT2D eigenvalue weighted by molar-refractivity contribution is 0.127. The van der Waals surface area contributed by atoms with E-state index in [4.69, 9.17) is 10.5 Å². The molecular formula is C16H26N2O. The van der Waals surface area contributed by atoms with Gasteiger partial charge in [-0.25, -0.2) is 0 Å². The molecule has 19 heavy (non-hydrogen) atoms. The van der Waals surface area contributed by atoms with Crippen molar-refractivity contribution in [3.05, 3.63) is 23.5 Å². The molecule has 0 saturated heterocycles. The predicted molar refractivity (Wildman–Crippen MR) is 78.4 cm³/mol. The molecule has 0 spiro atoms. The first-order chi connectivity index (χ1) is 9.04. The molecule has 0 radical (unpaired) electrons. The van der Waals surface area contributed by atoms with E-state index >= 15 is 0 Å². The zero-order valence-corrected chi connectivity index (χ0v) is 12.4. The van der Waals surface area contributed by atoms with Gasteiger partial charge >= 0.3 is 0 Å². The Labute approximate surface area is 116 Å². The van der Waals surface area contributed by atoms with Crippen molar-refractivity contribution in [2.45, 2.75) is 65.0 Å². The highest BCUT2D eigenvalue weighted by Gasteiger charge is 2.21. The van der Waals surface area contributed by atoms with Crippen molar-refractivity contribution in [1.82, 2.24) is 4.98 Å². The summed E-state index contributed by atoms with van der Waals surface area (Å²) in [5, 5.41) is 0. The number of ether oxygens (including phenoxy) is 1. The van der Waals surface area contributed by atoms with Crippen molar-refractivity contribution in [3.63, 3.8) is 0 Å². The van der Waals surface area contributed by atoms with E-state index in [1.807, 2.05) is 19.9 Å². The maximum absolute atomic E-state index is 6.19. The summed E-state index contributed by atoms with van der Waals surface area (Å²) in [7, 11) is 0. The standard InChI is InChI=1S/C16H26N2O/c1-11-5-4-6-14(9-11)19-16-8-7-13(3)18-15(16)10-12(2)17/h7-8,11-12,14H,4-6,9-10,17H2,1-3H3. The van der Waals surface area contributed by atoms with Gasteiger partial charge in [0.25, 0.3) is 0 Å². The lowest BCUT2D eigenvalue weighted by Gasteiger charge is -2.28. The van der Waals surface area contributed by atoms with Crippen molar-refractivity contribution in [2.24, 2.45) is 11.7 Å². The number of nitrogens with zero attached hydrogens (tertiary/aromatic N) is 1. The van der Waals surface area contributed by atoms with Gasteiger partial charge in [0, 0.05) is 18.2 Å². The highest BCUT2D eigenvalue weighted by Crippen LogP contribution is 2.29. The minimum atomic E-state index is 0.113. The lowest BCUT2D eigenvalue weighted by Crippen LogP contribution is -2.25. The second kappa shape index (κ2) is 6.38. The van der Waals surface area contributed by atoms with E-state index in [-0.39, 0.29) is 6.04 Å². The van der Waals surface area contributed by atoms with Crippen molar-refractivity contribution in [3.8, 4) is 5.75 Å². The molecule has 0 bridgehead atoms. The third-order valence-electron chi connectivity index (χ3n) is 3.77. The third-order valence-corrected chi connectivity index (χ3v) is 3.77. The summed E-state index contributed by atoms with van der Waals surface area (Å²) in [5.41, 5.74) is 7.94. The van der Waals surface area contributed by atoms with Crippen LogP contribution in [0.2, 0.25) is 0 Å². The minimum Gasteiger partial charge on any atom is -0.489 e. The Kier molecular flexibility index (Phi) is 4.81. The van der Waals surface area contributed by atoms with Gasteiger partial charge in [-0.15, -0.1) is 0 Å². The molecule has 1 aromatic heterocycles. The van der Waals surface area contributed by atoms with Crippen molar-refractivity contribution in [2.75, 3.05) is 0 Å². The van der Waals surface area contributed by atoms with Crippen LogP contribution in [0, 0.1) is 12.8 Å².